The van der Waals surface area contributed by atoms with Crippen LogP contribution in [0.2, 0.25) is 0 Å². The first-order valence-electron chi connectivity index (χ1n) is 16.3. The zero-order valence-electron chi connectivity index (χ0n) is 26.2. The summed E-state index contributed by atoms with van der Waals surface area (Å²) in [6, 6.07) is 51.3. The summed E-state index contributed by atoms with van der Waals surface area (Å²) in [5.74, 6) is 1.96. The van der Waals surface area contributed by atoms with E-state index in [2.05, 4.69) is 120 Å². The molecule has 0 N–H and O–H groups in total. The molecule has 0 aliphatic carbocycles. The van der Waals surface area contributed by atoms with Crippen LogP contribution >= 0.6 is 11.3 Å². The molecule has 0 fully saturated rings. The minimum atomic E-state index is 0.653. The van der Waals surface area contributed by atoms with Gasteiger partial charge in [0.2, 0.25) is 0 Å². The van der Waals surface area contributed by atoms with Crippen LogP contribution in [0.5, 0.6) is 0 Å². The van der Waals surface area contributed by atoms with Gasteiger partial charge in [-0.1, -0.05) is 127 Å². The first-order chi connectivity index (χ1) is 24.3. The Hall–Kier alpha value is -6.30. The molecule has 0 atom stereocenters. The molecule has 4 nitrogen and oxygen atoms in total. The molecule has 0 radical (unpaired) electrons. The van der Waals surface area contributed by atoms with Gasteiger partial charge in [0.05, 0.1) is 4.70 Å². The Balaban J connectivity index is 1.15. The van der Waals surface area contributed by atoms with Crippen LogP contribution in [-0.4, -0.2) is 19.9 Å². The average molecular weight is 643 g/mol. The molecule has 0 aliphatic heterocycles. The molecule has 3 heterocycles. The fraction of sp³-hybridized carbons (Fsp3) is 0. The van der Waals surface area contributed by atoms with E-state index in [0.717, 1.165) is 32.8 Å². The Morgan fingerprint density at radius 3 is 1.98 bits per heavy atom. The van der Waals surface area contributed by atoms with Crippen molar-refractivity contribution in [2.24, 2.45) is 0 Å². The van der Waals surface area contributed by atoms with Crippen LogP contribution in [0.15, 0.2) is 158 Å². The van der Waals surface area contributed by atoms with Crippen LogP contribution < -0.4 is 0 Å². The number of pyridine rings is 1. The molecule has 10 rings (SSSR count). The molecule has 0 saturated carbocycles. The van der Waals surface area contributed by atoms with Crippen molar-refractivity contribution < 1.29 is 0 Å². The van der Waals surface area contributed by atoms with Crippen molar-refractivity contribution in [2.45, 2.75) is 0 Å². The first-order valence-corrected chi connectivity index (χ1v) is 17.1. The molecule has 0 aliphatic rings. The number of hydrogen-bond acceptors (Lipinski definition) is 5. The van der Waals surface area contributed by atoms with Crippen LogP contribution in [0.1, 0.15) is 0 Å². The molecule has 0 unspecified atom stereocenters. The number of fused-ring (bicyclic) bond motifs is 7. The van der Waals surface area contributed by atoms with Crippen LogP contribution in [-0.2, 0) is 0 Å². The summed E-state index contributed by atoms with van der Waals surface area (Å²) in [5, 5.41) is 9.61. The lowest BCUT2D eigenvalue weighted by Crippen LogP contribution is -2.00. The molecule has 5 heteroatoms. The fourth-order valence-electron chi connectivity index (χ4n) is 7.01. The molecule has 0 saturated heterocycles. The maximum Gasteiger partial charge on any atom is 0.164 e. The zero-order chi connectivity index (χ0) is 32.3. The lowest BCUT2D eigenvalue weighted by molar-refractivity contribution is 1.08. The van der Waals surface area contributed by atoms with E-state index in [9.17, 15) is 0 Å². The topological polar surface area (TPSA) is 51.6 Å². The Morgan fingerprint density at radius 1 is 0.408 bits per heavy atom. The summed E-state index contributed by atoms with van der Waals surface area (Å²) in [6.07, 6.45) is 3.85. The van der Waals surface area contributed by atoms with Gasteiger partial charge in [-0.3, -0.25) is 4.98 Å². The van der Waals surface area contributed by atoms with E-state index in [4.69, 9.17) is 15.0 Å². The van der Waals surface area contributed by atoms with Crippen molar-refractivity contribution in [1.29, 1.82) is 0 Å². The predicted molar refractivity (Wildman–Crippen MR) is 205 cm³/mol. The smallest absolute Gasteiger partial charge is 0.164 e. The van der Waals surface area contributed by atoms with Gasteiger partial charge in [-0.05, 0) is 56.3 Å². The first kappa shape index (κ1) is 27.8. The number of thiophene rings is 1. The van der Waals surface area contributed by atoms with Crippen molar-refractivity contribution in [3.8, 4) is 45.3 Å². The lowest BCUT2D eigenvalue weighted by atomic mass is 9.94. The van der Waals surface area contributed by atoms with E-state index >= 15 is 0 Å². The summed E-state index contributed by atoms with van der Waals surface area (Å²) in [6.45, 7) is 0. The number of hydrogen-bond donors (Lipinski definition) is 0. The van der Waals surface area contributed by atoms with Gasteiger partial charge in [-0.2, -0.15) is 0 Å². The number of rotatable bonds is 4. The molecule has 0 amide bonds. The third kappa shape index (κ3) is 4.66. The van der Waals surface area contributed by atoms with Gasteiger partial charge in [-0.25, -0.2) is 15.0 Å². The Kier molecular flexibility index (Phi) is 6.32. The second-order valence-corrected chi connectivity index (χ2v) is 13.3. The highest BCUT2D eigenvalue weighted by Gasteiger charge is 2.17. The van der Waals surface area contributed by atoms with Crippen LogP contribution in [0.25, 0.3) is 97.8 Å². The van der Waals surface area contributed by atoms with Gasteiger partial charge in [0.15, 0.2) is 17.5 Å². The number of nitrogens with zero attached hydrogens (tertiary/aromatic N) is 4. The third-order valence-corrected chi connectivity index (χ3v) is 10.6. The number of aromatic nitrogens is 4. The molecule has 3 aromatic heterocycles. The van der Waals surface area contributed by atoms with Crippen molar-refractivity contribution in [2.75, 3.05) is 0 Å². The van der Waals surface area contributed by atoms with E-state index in [1.807, 2.05) is 54.1 Å². The van der Waals surface area contributed by atoms with Gasteiger partial charge < -0.3 is 0 Å². The second kappa shape index (κ2) is 11.2. The molecule has 0 spiro atoms. The normalized spacial score (nSPS) is 11.7. The molecular formula is C44H26N4S. The van der Waals surface area contributed by atoms with E-state index < -0.39 is 0 Å². The SMILES string of the molecule is c1ccc(-c2nc(-c3ccc4ccccc4c3)nc(-c3cccc4cc(-c5cccc6ccc7c8ccncc8sc7c56)ccc34)n2)cc1. The summed E-state index contributed by atoms with van der Waals surface area (Å²) in [5.41, 5.74) is 5.29. The van der Waals surface area contributed by atoms with Crippen molar-refractivity contribution in [3.63, 3.8) is 0 Å². The van der Waals surface area contributed by atoms with Gasteiger partial charge in [0.1, 0.15) is 0 Å². The highest BCUT2D eigenvalue weighted by molar-refractivity contribution is 7.26. The largest absolute Gasteiger partial charge is 0.263 e. The third-order valence-electron chi connectivity index (χ3n) is 9.39. The van der Waals surface area contributed by atoms with Gasteiger partial charge in [0, 0.05) is 49.9 Å². The van der Waals surface area contributed by atoms with E-state index in [-0.39, 0.29) is 0 Å². The fourth-order valence-corrected chi connectivity index (χ4v) is 8.25. The van der Waals surface area contributed by atoms with Crippen molar-refractivity contribution >= 4 is 63.8 Å². The van der Waals surface area contributed by atoms with Gasteiger partial charge in [-0.15, -0.1) is 11.3 Å². The summed E-state index contributed by atoms with van der Waals surface area (Å²) in [4.78, 5) is 19.5. The molecule has 228 valence electrons. The Labute approximate surface area is 286 Å². The summed E-state index contributed by atoms with van der Waals surface area (Å²) in [7, 11) is 0. The highest BCUT2D eigenvalue weighted by atomic mass is 32.1. The summed E-state index contributed by atoms with van der Waals surface area (Å²) < 4.78 is 2.50. The maximum absolute atomic E-state index is 5.11. The average Bonchev–Trinajstić information content (AvgIpc) is 3.56. The maximum atomic E-state index is 5.11. The van der Waals surface area contributed by atoms with Crippen LogP contribution in [0.4, 0.5) is 0 Å². The minimum absolute atomic E-state index is 0.653. The molecule has 10 aromatic rings. The van der Waals surface area contributed by atoms with Gasteiger partial charge in [0.25, 0.3) is 0 Å². The minimum Gasteiger partial charge on any atom is -0.263 e. The zero-order valence-corrected chi connectivity index (χ0v) is 27.0. The molecule has 49 heavy (non-hydrogen) atoms. The monoisotopic (exact) mass is 642 g/mol. The van der Waals surface area contributed by atoms with Crippen LogP contribution in [0, 0.1) is 0 Å². The molecule has 7 aromatic carbocycles. The standard InChI is InChI=1S/C44H26N4S/c1-2-9-29(10-3-1)42-46-43(33-17-16-27-8-4-5-11-30(27)24-33)48-44(47-42)38-15-7-13-31-25-32(19-20-34(31)38)35-14-6-12-28-18-21-37-36-22-23-45-26-39(36)49-41(37)40(28)35/h1-26H. The lowest BCUT2D eigenvalue weighted by Gasteiger charge is -2.13. The second-order valence-electron chi connectivity index (χ2n) is 12.3. The molecule has 0 bridgehead atoms. The van der Waals surface area contributed by atoms with Gasteiger partial charge >= 0.3 is 0 Å². The highest BCUT2D eigenvalue weighted by Crippen LogP contribution is 2.42. The predicted octanol–water partition coefficient (Wildman–Crippen LogP) is 11.8. The van der Waals surface area contributed by atoms with E-state index in [1.54, 1.807) is 0 Å². The Bertz CT molecular complexity index is 2890. The quantitative estimate of drug-likeness (QED) is 0.192. The van der Waals surface area contributed by atoms with E-state index in [0.29, 0.717) is 17.5 Å². The Morgan fingerprint density at radius 2 is 1.08 bits per heavy atom. The van der Waals surface area contributed by atoms with Crippen LogP contribution in [0.3, 0.4) is 0 Å². The van der Waals surface area contributed by atoms with Crippen molar-refractivity contribution in [3.05, 3.63) is 158 Å². The van der Waals surface area contributed by atoms with E-state index in [1.165, 1.54) is 47.5 Å². The van der Waals surface area contributed by atoms with Crippen molar-refractivity contribution in [1.82, 2.24) is 19.9 Å². The summed E-state index contributed by atoms with van der Waals surface area (Å²) >= 11 is 1.82. The molecular weight excluding hydrogens is 617 g/mol. The number of benzene rings is 7.